The Morgan fingerprint density at radius 3 is 1.57 bits per heavy atom. The van der Waals surface area contributed by atoms with Crippen molar-refractivity contribution < 1.29 is 32.9 Å². The fourth-order valence-electron chi connectivity index (χ4n) is 5.72. The zero-order valence-corrected chi connectivity index (χ0v) is 34.7. The summed E-state index contributed by atoms with van der Waals surface area (Å²) in [5.74, 6) is -0.196. The summed E-state index contributed by atoms with van der Waals surface area (Å²) in [6, 6.07) is -0.863. The number of likely N-dealkylation sites (N-methyl/N-ethyl adjacent to an activating group) is 1. The molecule has 0 saturated heterocycles. The number of hydrogen-bond donors (Lipinski definition) is 3. The van der Waals surface area contributed by atoms with Crippen molar-refractivity contribution in [3.8, 4) is 0 Å². The van der Waals surface area contributed by atoms with Crippen molar-refractivity contribution in [3.63, 3.8) is 0 Å². The van der Waals surface area contributed by atoms with E-state index in [-0.39, 0.29) is 19.1 Å². The average Bonchev–Trinajstić information content (AvgIpc) is 3.07. The van der Waals surface area contributed by atoms with Gasteiger partial charge < -0.3 is 19.8 Å². The van der Waals surface area contributed by atoms with Crippen molar-refractivity contribution in [2.75, 3.05) is 40.9 Å². The molecule has 0 bridgehead atoms. The average molecular weight is 742 g/mol. The number of nitrogens with one attached hydrogen (secondary N) is 1. The molecule has 0 aliphatic heterocycles. The second-order valence-electron chi connectivity index (χ2n) is 15.4. The topological polar surface area (TPSA) is 105 Å². The number of aliphatic hydroxyl groups excluding tert-OH is 1. The fraction of sp³-hybridized carbons (Fsp3) is 0.833. The minimum absolute atomic E-state index is 0.0541. The molecule has 51 heavy (non-hydrogen) atoms. The van der Waals surface area contributed by atoms with Gasteiger partial charge in [0.25, 0.3) is 0 Å². The van der Waals surface area contributed by atoms with Crippen molar-refractivity contribution in [1.29, 1.82) is 0 Å². The Bertz CT molecular complexity index is 933. The lowest BCUT2D eigenvalue weighted by molar-refractivity contribution is -0.870. The molecular weight excluding hydrogens is 659 g/mol. The molecule has 3 unspecified atom stereocenters. The quantitative estimate of drug-likeness (QED) is 0.0253. The molecule has 0 aliphatic carbocycles. The van der Waals surface area contributed by atoms with Gasteiger partial charge in [-0.05, 0) is 44.9 Å². The smallest absolute Gasteiger partial charge is 0.387 e. The standard InChI is InChI=1S/C42H81N2O6P/c1-6-8-10-12-14-16-17-18-19-20-21-22-23-24-25-26-28-29-31-33-35-41(45)40(39-50-51(47,48)49-38-37-44(3,4)5)43-42(46)36-34-32-30-27-15-13-11-9-7-2/h22-23,26,28,33,35,40-41,45H,6-21,24-25,27,29-32,34,36-39H2,1-5H3,(H-,43,46,47,48)/p+1/b23-22+,28-26+,35-33+. The number of quaternary nitrogens is 1. The molecule has 0 saturated carbocycles. The number of allylic oxidation sites excluding steroid dienone is 5. The molecule has 8 nitrogen and oxygen atoms in total. The number of phosphoric acid groups is 1. The Kier molecular flexibility index (Phi) is 33.6. The fourth-order valence-corrected chi connectivity index (χ4v) is 6.45. The van der Waals surface area contributed by atoms with Crippen LogP contribution in [0.1, 0.15) is 174 Å². The second-order valence-corrected chi connectivity index (χ2v) is 16.8. The number of amides is 1. The molecule has 9 heteroatoms. The van der Waals surface area contributed by atoms with Crippen LogP contribution in [0.15, 0.2) is 36.5 Å². The molecule has 3 N–H and O–H groups in total. The van der Waals surface area contributed by atoms with Gasteiger partial charge in [-0.1, -0.05) is 159 Å². The molecule has 0 fully saturated rings. The van der Waals surface area contributed by atoms with Gasteiger partial charge in [-0.2, -0.15) is 0 Å². The molecule has 0 radical (unpaired) electrons. The van der Waals surface area contributed by atoms with E-state index in [1.807, 2.05) is 27.2 Å². The number of carbonyl (C=O) groups excluding carboxylic acids is 1. The third-order valence-electron chi connectivity index (χ3n) is 9.09. The maximum Gasteiger partial charge on any atom is 0.472 e. The summed E-state index contributed by atoms with van der Waals surface area (Å²) < 4.78 is 23.4. The highest BCUT2D eigenvalue weighted by atomic mass is 31.2. The zero-order chi connectivity index (χ0) is 37.9. The Morgan fingerprint density at radius 1 is 0.647 bits per heavy atom. The van der Waals surface area contributed by atoms with Gasteiger partial charge in [0, 0.05) is 6.42 Å². The van der Waals surface area contributed by atoms with Gasteiger partial charge in [0.05, 0.1) is 39.9 Å². The van der Waals surface area contributed by atoms with Gasteiger partial charge in [0.15, 0.2) is 0 Å². The summed E-state index contributed by atoms with van der Waals surface area (Å²) in [5.41, 5.74) is 0. The van der Waals surface area contributed by atoms with Crippen LogP contribution in [0.5, 0.6) is 0 Å². The monoisotopic (exact) mass is 742 g/mol. The van der Waals surface area contributed by atoms with Crippen LogP contribution in [0.25, 0.3) is 0 Å². The van der Waals surface area contributed by atoms with E-state index in [1.54, 1.807) is 6.08 Å². The molecular formula is C42H82N2O6P+. The van der Waals surface area contributed by atoms with E-state index in [0.29, 0.717) is 17.4 Å². The molecule has 0 aromatic heterocycles. The Balaban J connectivity index is 4.48. The van der Waals surface area contributed by atoms with Gasteiger partial charge in [0.2, 0.25) is 5.91 Å². The van der Waals surface area contributed by atoms with Crippen LogP contribution in [-0.4, -0.2) is 73.4 Å². The highest BCUT2D eigenvalue weighted by Gasteiger charge is 2.27. The van der Waals surface area contributed by atoms with Gasteiger partial charge in [0.1, 0.15) is 13.2 Å². The maximum absolute atomic E-state index is 12.7. The number of hydrogen-bond acceptors (Lipinski definition) is 5. The minimum atomic E-state index is -4.34. The lowest BCUT2D eigenvalue weighted by atomic mass is 10.1. The predicted octanol–water partition coefficient (Wildman–Crippen LogP) is 11.1. The third kappa shape index (κ3) is 36.9. The molecule has 3 atom stereocenters. The van der Waals surface area contributed by atoms with E-state index in [4.69, 9.17) is 9.05 Å². The maximum atomic E-state index is 12.7. The molecule has 0 aromatic rings. The number of rotatable bonds is 37. The molecule has 0 aliphatic rings. The first-order valence-electron chi connectivity index (χ1n) is 20.9. The predicted molar refractivity (Wildman–Crippen MR) is 217 cm³/mol. The summed E-state index contributed by atoms with van der Waals surface area (Å²) in [5, 5.41) is 13.7. The van der Waals surface area contributed by atoms with Crippen LogP contribution in [0.3, 0.4) is 0 Å². The lowest BCUT2D eigenvalue weighted by Gasteiger charge is -2.25. The number of carbonyl (C=O) groups is 1. The van der Waals surface area contributed by atoms with E-state index in [1.165, 1.54) is 109 Å². The van der Waals surface area contributed by atoms with Crippen molar-refractivity contribution in [2.24, 2.45) is 0 Å². The zero-order valence-electron chi connectivity index (χ0n) is 33.8. The number of aliphatic hydroxyl groups is 1. The summed E-state index contributed by atoms with van der Waals surface area (Å²) in [6.07, 6.45) is 40.8. The van der Waals surface area contributed by atoms with E-state index < -0.39 is 20.0 Å². The highest BCUT2D eigenvalue weighted by molar-refractivity contribution is 7.47. The van der Waals surface area contributed by atoms with Crippen LogP contribution in [0.4, 0.5) is 0 Å². The largest absolute Gasteiger partial charge is 0.472 e. The molecule has 1 amide bonds. The minimum Gasteiger partial charge on any atom is -0.387 e. The van der Waals surface area contributed by atoms with Gasteiger partial charge >= 0.3 is 7.82 Å². The number of unbranched alkanes of at least 4 members (excludes halogenated alkanes) is 20. The Labute approximate surface area is 315 Å². The first-order valence-corrected chi connectivity index (χ1v) is 22.4. The molecule has 0 heterocycles. The molecule has 0 rings (SSSR count). The van der Waals surface area contributed by atoms with Gasteiger partial charge in [-0.15, -0.1) is 0 Å². The van der Waals surface area contributed by atoms with Crippen molar-refractivity contribution >= 4 is 13.7 Å². The normalized spacial score (nSPS) is 14.9. The Hall–Kier alpha value is -1.28. The first-order chi connectivity index (χ1) is 24.5. The molecule has 300 valence electrons. The van der Waals surface area contributed by atoms with Crippen LogP contribution in [0.2, 0.25) is 0 Å². The second kappa shape index (κ2) is 34.5. The summed E-state index contributed by atoms with van der Waals surface area (Å²) >= 11 is 0. The highest BCUT2D eigenvalue weighted by Crippen LogP contribution is 2.43. The van der Waals surface area contributed by atoms with Crippen molar-refractivity contribution in [3.05, 3.63) is 36.5 Å². The van der Waals surface area contributed by atoms with E-state index in [9.17, 15) is 19.4 Å². The summed E-state index contributed by atoms with van der Waals surface area (Å²) in [6.45, 7) is 4.74. The summed E-state index contributed by atoms with van der Waals surface area (Å²) in [7, 11) is 1.54. The van der Waals surface area contributed by atoms with Crippen LogP contribution >= 0.6 is 7.82 Å². The van der Waals surface area contributed by atoms with Crippen molar-refractivity contribution in [2.45, 2.75) is 187 Å². The molecule has 0 spiro atoms. The SMILES string of the molecule is CCCCCCCCCCCC/C=C/CC/C=C/CC/C=C/C(O)C(COP(=O)(O)OCC[N+](C)(C)C)NC(=O)CCCCCCCCCCC. The third-order valence-corrected chi connectivity index (χ3v) is 10.1. The number of phosphoric ester groups is 1. The lowest BCUT2D eigenvalue weighted by Crippen LogP contribution is -2.45. The van der Waals surface area contributed by atoms with E-state index >= 15 is 0 Å². The Morgan fingerprint density at radius 2 is 1.08 bits per heavy atom. The van der Waals surface area contributed by atoms with Gasteiger partial charge in [-0.3, -0.25) is 13.8 Å². The van der Waals surface area contributed by atoms with Crippen LogP contribution in [0, 0.1) is 0 Å². The number of nitrogens with zero attached hydrogens (tertiary/aromatic N) is 1. The van der Waals surface area contributed by atoms with E-state index in [2.05, 4.69) is 43.5 Å². The van der Waals surface area contributed by atoms with Crippen LogP contribution in [-0.2, 0) is 18.4 Å². The molecule has 0 aromatic carbocycles. The first kappa shape index (κ1) is 49.7. The van der Waals surface area contributed by atoms with E-state index in [0.717, 1.165) is 44.9 Å². The van der Waals surface area contributed by atoms with Gasteiger partial charge in [-0.25, -0.2) is 4.57 Å². The van der Waals surface area contributed by atoms with Crippen LogP contribution < -0.4 is 5.32 Å². The van der Waals surface area contributed by atoms with Crippen molar-refractivity contribution in [1.82, 2.24) is 5.32 Å². The summed E-state index contributed by atoms with van der Waals surface area (Å²) in [4.78, 5) is 22.9.